The number of nitrogens with zero attached hydrogens (tertiary/aromatic N) is 4. The van der Waals surface area contributed by atoms with Crippen molar-refractivity contribution in [2.75, 3.05) is 0 Å². The number of hydrogen-bond acceptors (Lipinski definition) is 4. The first-order valence-electron chi connectivity index (χ1n) is 9.67. The van der Waals surface area contributed by atoms with Crippen molar-refractivity contribution in [3.8, 4) is 22.4 Å². The Hall–Kier alpha value is -2.95. The minimum Gasteiger partial charge on any atom is -0.411 e. The molecule has 3 aromatic rings. The van der Waals surface area contributed by atoms with Crippen molar-refractivity contribution in [3.05, 3.63) is 60.0 Å². The molecule has 0 bridgehead atoms. The molecule has 1 aromatic carbocycles. The van der Waals surface area contributed by atoms with Crippen LogP contribution in [0.3, 0.4) is 0 Å². The van der Waals surface area contributed by atoms with Gasteiger partial charge in [-0.1, -0.05) is 36.2 Å². The summed E-state index contributed by atoms with van der Waals surface area (Å²) in [5.74, 6) is 0. The maximum atomic E-state index is 9.19. The highest BCUT2D eigenvalue weighted by molar-refractivity contribution is 6.04. The first-order chi connectivity index (χ1) is 13.3. The van der Waals surface area contributed by atoms with Crippen LogP contribution in [0, 0.1) is 0 Å². The number of oxime groups is 1. The Morgan fingerprint density at radius 1 is 0.963 bits per heavy atom. The molecule has 1 saturated carbocycles. The van der Waals surface area contributed by atoms with Crippen LogP contribution in [0.2, 0.25) is 0 Å². The van der Waals surface area contributed by atoms with Crippen LogP contribution in [0.15, 0.2) is 54.1 Å². The fraction of sp³-hybridized carbons (Fsp3) is 0.318. The van der Waals surface area contributed by atoms with Crippen LogP contribution in [-0.2, 0) is 6.42 Å². The summed E-state index contributed by atoms with van der Waals surface area (Å²) in [5.41, 5.74) is 7.53. The lowest BCUT2D eigenvalue weighted by Crippen LogP contribution is -2.04. The van der Waals surface area contributed by atoms with E-state index in [4.69, 9.17) is 5.10 Å². The number of pyridine rings is 1. The van der Waals surface area contributed by atoms with Crippen LogP contribution in [0.4, 0.5) is 0 Å². The van der Waals surface area contributed by atoms with Crippen LogP contribution in [0.25, 0.3) is 22.4 Å². The van der Waals surface area contributed by atoms with Gasteiger partial charge < -0.3 is 5.21 Å². The fourth-order valence-corrected chi connectivity index (χ4v) is 4.42. The number of aryl methyl sites for hydroxylation is 1. The van der Waals surface area contributed by atoms with E-state index in [0.717, 1.165) is 40.9 Å². The van der Waals surface area contributed by atoms with Gasteiger partial charge in [0.05, 0.1) is 11.8 Å². The van der Waals surface area contributed by atoms with E-state index in [-0.39, 0.29) is 0 Å². The third kappa shape index (κ3) is 2.83. The van der Waals surface area contributed by atoms with Crippen molar-refractivity contribution in [1.29, 1.82) is 0 Å². The molecular formula is C22H22N4O. The third-order valence-electron chi connectivity index (χ3n) is 5.86. The Bertz CT molecular complexity index is 1000. The minimum absolute atomic E-state index is 0.502. The molecule has 136 valence electrons. The van der Waals surface area contributed by atoms with Crippen molar-refractivity contribution < 1.29 is 5.21 Å². The van der Waals surface area contributed by atoms with Gasteiger partial charge in [0, 0.05) is 35.3 Å². The Labute approximate surface area is 158 Å². The summed E-state index contributed by atoms with van der Waals surface area (Å²) in [6.07, 6.45) is 12.6. The van der Waals surface area contributed by atoms with Crippen LogP contribution in [-0.4, -0.2) is 25.7 Å². The van der Waals surface area contributed by atoms with Gasteiger partial charge in [-0.3, -0.25) is 9.67 Å². The van der Waals surface area contributed by atoms with E-state index in [9.17, 15) is 5.21 Å². The molecule has 0 amide bonds. The van der Waals surface area contributed by atoms with Gasteiger partial charge >= 0.3 is 0 Å². The number of aromatic nitrogens is 3. The molecule has 27 heavy (non-hydrogen) atoms. The monoisotopic (exact) mass is 358 g/mol. The maximum Gasteiger partial charge on any atom is 0.100 e. The van der Waals surface area contributed by atoms with Crippen molar-refractivity contribution in [2.24, 2.45) is 5.16 Å². The van der Waals surface area contributed by atoms with Gasteiger partial charge in [0.15, 0.2) is 0 Å². The first-order valence-corrected chi connectivity index (χ1v) is 9.67. The molecule has 1 N–H and O–H groups in total. The molecule has 2 aliphatic rings. The summed E-state index contributed by atoms with van der Waals surface area (Å²) < 4.78 is 2.17. The van der Waals surface area contributed by atoms with Gasteiger partial charge in [0.25, 0.3) is 0 Å². The standard InChI is InChI=1S/C22H22N4O/c27-25-21-8-6-16-13-17(5-7-19(16)21)20-14-26(18-3-1-2-4-18)24-22(20)15-9-11-23-12-10-15/h5,7,9-14,18,27H,1-4,6,8H2/b25-21+. The van der Waals surface area contributed by atoms with Crippen molar-refractivity contribution >= 4 is 5.71 Å². The summed E-state index contributed by atoms with van der Waals surface area (Å²) in [6, 6.07) is 11.0. The molecular weight excluding hydrogens is 336 g/mol. The van der Waals surface area contributed by atoms with Crippen molar-refractivity contribution in [3.63, 3.8) is 0 Å². The zero-order valence-corrected chi connectivity index (χ0v) is 15.2. The Balaban J connectivity index is 1.63. The molecule has 5 heteroatoms. The summed E-state index contributed by atoms with van der Waals surface area (Å²) in [7, 11) is 0. The molecule has 0 saturated heterocycles. The normalized spacial score (nSPS) is 18.3. The predicted molar refractivity (Wildman–Crippen MR) is 105 cm³/mol. The zero-order chi connectivity index (χ0) is 18.2. The molecule has 1 fully saturated rings. The first kappa shape index (κ1) is 16.2. The predicted octanol–water partition coefficient (Wildman–Crippen LogP) is 4.85. The average Bonchev–Trinajstić information content (AvgIpc) is 3.46. The lowest BCUT2D eigenvalue weighted by atomic mass is 9.98. The lowest BCUT2D eigenvalue weighted by Gasteiger charge is -2.08. The van der Waals surface area contributed by atoms with E-state index < -0.39 is 0 Å². The molecule has 2 aliphatic carbocycles. The van der Waals surface area contributed by atoms with Crippen molar-refractivity contribution in [1.82, 2.24) is 14.8 Å². The second-order valence-corrected chi connectivity index (χ2v) is 7.46. The Kier molecular flexibility index (Phi) is 4.00. The second-order valence-electron chi connectivity index (χ2n) is 7.46. The molecule has 5 rings (SSSR count). The van der Waals surface area contributed by atoms with Gasteiger partial charge in [-0.05, 0) is 48.9 Å². The summed E-state index contributed by atoms with van der Waals surface area (Å²) in [6.45, 7) is 0. The topological polar surface area (TPSA) is 63.3 Å². The molecule has 0 unspecified atom stereocenters. The van der Waals surface area contributed by atoms with E-state index >= 15 is 0 Å². The zero-order valence-electron chi connectivity index (χ0n) is 15.2. The van der Waals surface area contributed by atoms with Crippen LogP contribution < -0.4 is 0 Å². The van der Waals surface area contributed by atoms with Gasteiger partial charge in [-0.15, -0.1) is 0 Å². The molecule has 5 nitrogen and oxygen atoms in total. The average molecular weight is 358 g/mol. The highest BCUT2D eigenvalue weighted by Gasteiger charge is 2.23. The number of benzene rings is 1. The molecule has 2 aromatic heterocycles. The second kappa shape index (κ2) is 6.65. The number of hydrogen-bond donors (Lipinski definition) is 1. The summed E-state index contributed by atoms with van der Waals surface area (Å²) >= 11 is 0. The van der Waals surface area contributed by atoms with Crippen LogP contribution in [0.1, 0.15) is 49.3 Å². The van der Waals surface area contributed by atoms with Crippen molar-refractivity contribution in [2.45, 2.75) is 44.6 Å². The quantitative estimate of drug-likeness (QED) is 0.538. The van der Waals surface area contributed by atoms with Crippen LogP contribution in [0.5, 0.6) is 0 Å². The summed E-state index contributed by atoms with van der Waals surface area (Å²) in [4.78, 5) is 4.15. The van der Waals surface area contributed by atoms with Gasteiger partial charge in [0.1, 0.15) is 5.69 Å². The molecule has 2 heterocycles. The number of rotatable bonds is 3. The smallest absolute Gasteiger partial charge is 0.100 e. The van der Waals surface area contributed by atoms with E-state index in [2.05, 4.69) is 39.2 Å². The molecule has 0 atom stereocenters. The molecule has 0 aliphatic heterocycles. The highest BCUT2D eigenvalue weighted by Crippen LogP contribution is 2.37. The third-order valence-corrected chi connectivity index (χ3v) is 5.86. The van der Waals surface area contributed by atoms with E-state index in [1.807, 2.05) is 24.5 Å². The van der Waals surface area contributed by atoms with E-state index in [1.54, 1.807) is 0 Å². The molecule has 0 spiro atoms. The Morgan fingerprint density at radius 2 is 1.78 bits per heavy atom. The summed E-state index contributed by atoms with van der Waals surface area (Å²) in [5, 5.41) is 17.6. The minimum atomic E-state index is 0.502. The fourth-order valence-electron chi connectivity index (χ4n) is 4.42. The van der Waals surface area contributed by atoms with E-state index in [0.29, 0.717) is 6.04 Å². The lowest BCUT2D eigenvalue weighted by molar-refractivity contribution is 0.318. The van der Waals surface area contributed by atoms with Gasteiger partial charge in [-0.2, -0.15) is 5.10 Å². The van der Waals surface area contributed by atoms with Gasteiger partial charge in [-0.25, -0.2) is 0 Å². The molecule has 0 radical (unpaired) electrons. The highest BCUT2D eigenvalue weighted by atomic mass is 16.4. The number of fused-ring (bicyclic) bond motifs is 1. The van der Waals surface area contributed by atoms with Crippen LogP contribution >= 0.6 is 0 Å². The maximum absolute atomic E-state index is 9.19. The SMILES string of the molecule is O/N=C1\CCc2cc(-c3cn(C4CCCC4)nc3-c3ccncc3)ccc21. The van der Waals surface area contributed by atoms with Gasteiger partial charge in [0.2, 0.25) is 0 Å². The Morgan fingerprint density at radius 3 is 2.56 bits per heavy atom. The largest absolute Gasteiger partial charge is 0.411 e. The van der Waals surface area contributed by atoms with E-state index in [1.165, 1.54) is 36.8 Å².